The van der Waals surface area contributed by atoms with Gasteiger partial charge in [0.2, 0.25) is 0 Å². The SMILES string of the molecule is CC(N)c1nc(-c2ccccc2Br)cn1S. The smallest absolute Gasteiger partial charge is 0.135 e. The second-order valence-electron chi connectivity index (χ2n) is 3.60. The molecule has 0 amide bonds. The lowest BCUT2D eigenvalue weighted by molar-refractivity contribution is 0.746. The minimum Gasteiger partial charge on any atom is -0.322 e. The van der Waals surface area contributed by atoms with Crippen LogP contribution in [0, 0.1) is 0 Å². The third-order valence-electron chi connectivity index (χ3n) is 2.27. The van der Waals surface area contributed by atoms with E-state index in [1.807, 2.05) is 37.4 Å². The quantitative estimate of drug-likeness (QED) is 0.837. The molecule has 3 nitrogen and oxygen atoms in total. The fourth-order valence-electron chi connectivity index (χ4n) is 1.49. The van der Waals surface area contributed by atoms with Gasteiger partial charge in [0.15, 0.2) is 0 Å². The molecule has 0 aliphatic carbocycles. The van der Waals surface area contributed by atoms with Crippen LogP contribution in [0.2, 0.25) is 0 Å². The molecule has 0 bridgehead atoms. The van der Waals surface area contributed by atoms with Crippen molar-refractivity contribution in [3.05, 3.63) is 40.8 Å². The van der Waals surface area contributed by atoms with Crippen molar-refractivity contribution in [1.82, 2.24) is 8.96 Å². The monoisotopic (exact) mass is 297 g/mol. The Labute approximate surface area is 108 Å². The van der Waals surface area contributed by atoms with Gasteiger partial charge < -0.3 is 5.73 Å². The van der Waals surface area contributed by atoms with Gasteiger partial charge in [-0.2, -0.15) is 0 Å². The molecule has 2 rings (SSSR count). The van der Waals surface area contributed by atoms with Crippen LogP contribution in [0.5, 0.6) is 0 Å². The Kier molecular flexibility index (Phi) is 3.37. The van der Waals surface area contributed by atoms with Crippen molar-refractivity contribution in [1.29, 1.82) is 0 Å². The molecule has 0 saturated heterocycles. The molecular formula is C11H12BrN3S. The maximum Gasteiger partial charge on any atom is 0.135 e. The maximum atomic E-state index is 5.80. The number of benzene rings is 1. The number of nitrogens with two attached hydrogens (primary N) is 1. The van der Waals surface area contributed by atoms with Gasteiger partial charge in [-0.15, -0.1) is 0 Å². The highest BCUT2D eigenvalue weighted by Gasteiger charge is 2.12. The van der Waals surface area contributed by atoms with Crippen molar-refractivity contribution < 1.29 is 0 Å². The van der Waals surface area contributed by atoms with E-state index in [-0.39, 0.29) is 6.04 Å². The van der Waals surface area contributed by atoms with Gasteiger partial charge in [0.25, 0.3) is 0 Å². The average molecular weight is 298 g/mol. The van der Waals surface area contributed by atoms with Crippen LogP contribution in [-0.4, -0.2) is 8.96 Å². The van der Waals surface area contributed by atoms with Gasteiger partial charge >= 0.3 is 0 Å². The molecule has 0 radical (unpaired) electrons. The molecule has 1 aromatic heterocycles. The first kappa shape index (κ1) is 11.7. The first-order valence-corrected chi connectivity index (χ1v) is 6.08. The molecule has 1 atom stereocenters. The molecule has 1 unspecified atom stereocenters. The van der Waals surface area contributed by atoms with E-state index in [4.69, 9.17) is 5.73 Å². The van der Waals surface area contributed by atoms with E-state index in [1.54, 1.807) is 3.97 Å². The van der Waals surface area contributed by atoms with E-state index in [0.29, 0.717) is 0 Å². The van der Waals surface area contributed by atoms with E-state index in [1.165, 1.54) is 0 Å². The van der Waals surface area contributed by atoms with Gasteiger partial charge in [-0.25, -0.2) is 4.98 Å². The highest BCUT2D eigenvalue weighted by Crippen LogP contribution is 2.28. The summed E-state index contributed by atoms with van der Waals surface area (Å²) in [5.74, 6) is 0.758. The van der Waals surface area contributed by atoms with Crippen LogP contribution in [0.4, 0.5) is 0 Å². The summed E-state index contributed by atoms with van der Waals surface area (Å²) in [6, 6.07) is 7.80. The van der Waals surface area contributed by atoms with Gasteiger partial charge in [-0.3, -0.25) is 3.97 Å². The lowest BCUT2D eigenvalue weighted by atomic mass is 10.2. The Morgan fingerprint density at radius 2 is 2.12 bits per heavy atom. The van der Waals surface area contributed by atoms with Crippen molar-refractivity contribution in [3.8, 4) is 11.3 Å². The molecule has 84 valence electrons. The molecule has 0 spiro atoms. The second-order valence-corrected chi connectivity index (χ2v) is 4.88. The van der Waals surface area contributed by atoms with Crippen LogP contribution >= 0.6 is 28.7 Å². The fourth-order valence-corrected chi connectivity index (χ4v) is 2.32. The first-order valence-electron chi connectivity index (χ1n) is 4.88. The van der Waals surface area contributed by atoms with Crippen LogP contribution in [0.15, 0.2) is 34.9 Å². The molecule has 2 aromatic rings. The lowest BCUT2D eigenvalue weighted by Gasteiger charge is -2.02. The Morgan fingerprint density at radius 1 is 1.44 bits per heavy atom. The number of imidazole rings is 1. The zero-order valence-corrected chi connectivity index (χ0v) is 11.2. The third kappa shape index (κ3) is 2.16. The molecule has 16 heavy (non-hydrogen) atoms. The molecule has 0 fully saturated rings. The number of hydrogen-bond acceptors (Lipinski definition) is 3. The summed E-state index contributed by atoms with van der Waals surface area (Å²) >= 11 is 7.80. The largest absolute Gasteiger partial charge is 0.322 e. The number of halogens is 1. The van der Waals surface area contributed by atoms with Gasteiger partial charge in [-0.1, -0.05) is 46.9 Å². The highest BCUT2D eigenvalue weighted by molar-refractivity contribution is 9.10. The zero-order valence-electron chi connectivity index (χ0n) is 8.76. The minimum absolute atomic E-state index is 0.131. The fraction of sp³-hybridized carbons (Fsp3) is 0.182. The van der Waals surface area contributed by atoms with Crippen molar-refractivity contribution >= 4 is 28.7 Å². The Hall–Kier alpha value is -0.780. The van der Waals surface area contributed by atoms with E-state index in [2.05, 4.69) is 33.7 Å². The summed E-state index contributed by atoms with van der Waals surface area (Å²) in [7, 11) is 0. The number of nitrogens with zero attached hydrogens (tertiary/aromatic N) is 2. The van der Waals surface area contributed by atoms with Gasteiger partial charge in [-0.05, 0) is 13.0 Å². The molecule has 0 aliphatic heterocycles. The number of hydrogen-bond donors (Lipinski definition) is 2. The molecular weight excluding hydrogens is 286 g/mol. The van der Waals surface area contributed by atoms with Gasteiger partial charge in [0.05, 0.1) is 11.7 Å². The normalized spacial score (nSPS) is 12.8. The number of thiol groups is 1. The predicted molar refractivity (Wildman–Crippen MR) is 72.3 cm³/mol. The topological polar surface area (TPSA) is 43.8 Å². The lowest BCUT2D eigenvalue weighted by Crippen LogP contribution is -2.09. The zero-order chi connectivity index (χ0) is 11.7. The average Bonchev–Trinajstić information content (AvgIpc) is 2.61. The van der Waals surface area contributed by atoms with Gasteiger partial charge in [0, 0.05) is 16.2 Å². The Bertz CT molecular complexity index is 508. The molecule has 2 N–H and O–H groups in total. The number of rotatable bonds is 2. The summed E-state index contributed by atoms with van der Waals surface area (Å²) in [6.45, 7) is 1.89. The second kappa shape index (κ2) is 4.61. The molecule has 1 aromatic carbocycles. The van der Waals surface area contributed by atoms with Crippen LogP contribution in [-0.2, 0) is 0 Å². The molecule has 0 saturated carbocycles. The van der Waals surface area contributed by atoms with Crippen LogP contribution in [0.1, 0.15) is 18.8 Å². The standard InChI is InChI=1S/C11H12BrN3S/c1-7(13)11-14-10(6-15(11)16)8-4-2-3-5-9(8)12/h2-7,16H,13H2,1H3. The highest BCUT2D eigenvalue weighted by atomic mass is 79.9. The predicted octanol–water partition coefficient (Wildman–Crippen LogP) is 3.03. The Morgan fingerprint density at radius 3 is 2.69 bits per heavy atom. The van der Waals surface area contributed by atoms with Crippen molar-refractivity contribution in [2.75, 3.05) is 0 Å². The summed E-state index contributed by atoms with van der Waals surface area (Å²) in [6.07, 6.45) is 1.86. The number of aromatic nitrogens is 2. The van der Waals surface area contributed by atoms with Crippen molar-refractivity contribution in [3.63, 3.8) is 0 Å². The van der Waals surface area contributed by atoms with E-state index in [9.17, 15) is 0 Å². The van der Waals surface area contributed by atoms with Crippen LogP contribution in [0.3, 0.4) is 0 Å². The maximum absolute atomic E-state index is 5.80. The minimum atomic E-state index is -0.131. The molecule has 5 heteroatoms. The van der Waals surface area contributed by atoms with Crippen molar-refractivity contribution in [2.45, 2.75) is 13.0 Å². The van der Waals surface area contributed by atoms with Crippen molar-refractivity contribution in [2.24, 2.45) is 5.73 Å². The third-order valence-corrected chi connectivity index (χ3v) is 3.28. The van der Waals surface area contributed by atoms with E-state index < -0.39 is 0 Å². The van der Waals surface area contributed by atoms with E-state index in [0.717, 1.165) is 21.6 Å². The summed E-state index contributed by atoms with van der Waals surface area (Å²) in [5, 5.41) is 0. The Balaban J connectivity index is 2.50. The first-order chi connectivity index (χ1) is 7.59. The van der Waals surface area contributed by atoms with Gasteiger partial charge in [0.1, 0.15) is 5.82 Å². The molecule has 0 aliphatic rings. The van der Waals surface area contributed by atoms with Crippen LogP contribution < -0.4 is 5.73 Å². The molecule has 1 heterocycles. The summed E-state index contributed by atoms with van der Waals surface area (Å²) in [4.78, 5) is 4.47. The van der Waals surface area contributed by atoms with Crippen LogP contribution in [0.25, 0.3) is 11.3 Å². The summed E-state index contributed by atoms with van der Waals surface area (Å²) in [5.41, 5.74) is 7.71. The van der Waals surface area contributed by atoms with E-state index >= 15 is 0 Å². The summed E-state index contributed by atoms with van der Waals surface area (Å²) < 4.78 is 2.68.